The molecule has 1 fully saturated rings. The maximum atomic E-state index is 13.4. The van der Waals surface area contributed by atoms with E-state index in [4.69, 9.17) is 0 Å². The zero-order valence-electron chi connectivity index (χ0n) is 18.8. The largest absolute Gasteiger partial charge is 0.416 e. The van der Waals surface area contributed by atoms with Gasteiger partial charge in [-0.3, -0.25) is 9.67 Å². The molecule has 182 valence electrons. The molecule has 4 heterocycles. The van der Waals surface area contributed by atoms with Gasteiger partial charge in [0.25, 0.3) is 0 Å². The summed E-state index contributed by atoms with van der Waals surface area (Å²) in [4.78, 5) is 11.0. The number of aryl methyl sites for hydroxylation is 1. The summed E-state index contributed by atoms with van der Waals surface area (Å²) in [5.41, 5.74) is 1.70. The van der Waals surface area contributed by atoms with E-state index in [2.05, 4.69) is 35.5 Å². The van der Waals surface area contributed by atoms with Crippen molar-refractivity contribution in [2.45, 2.75) is 31.6 Å². The summed E-state index contributed by atoms with van der Waals surface area (Å²) in [6, 6.07) is 4.62. The predicted octanol–water partition coefficient (Wildman–Crippen LogP) is 3.74. The molecule has 0 atom stereocenters. The lowest BCUT2D eigenvalue weighted by Gasteiger charge is -2.33. The second kappa shape index (κ2) is 9.17. The third kappa shape index (κ3) is 4.65. The van der Waals surface area contributed by atoms with Crippen LogP contribution in [0.2, 0.25) is 0 Å². The van der Waals surface area contributed by atoms with Crippen LogP contribution in [-0.2, 0) is 19.8 Å². The van der Waals surface area contributed by atoms with Crippen LogP contribution in [0.3, 0.4) is 0 Å². The number of halogens is 4. The van der Waals surface area contributed by atoms with E-state index in [1.165, 1.54) is 6.07 Å². The summed E-state index contributed by atoms with van der Waals surface area (Å²) in [5, 5.41) is 16.2. The van der Waals surface area contributed by atoms with Gasteiger partial charge in [0.2, 0.25) is 0 Å². The van der Waals surface area contributed by atoms with Gasteiger partial charge >= 0.3 is 6.18 Å². The van der Waals surface area contributed by atoms with Crippen LogP contribution in [0.15, 0.2) is 42.9 Å². The second-order valence-corrected chi connectivity index (χ2v) is 8.41. The molecule has 0 amide bonds. The minimum absolute atomic E-state index is 0.00734. The van der Waals surface area contributed by atoms with E-state index < -0.39 is 17.6 Å². The van der Waals surface area contributed by atoms with Crippen molar-refractivity contribution in [2.24, 2.45) is 7.05 Å². The quantitative estimate of drug-likeness (QED) is 0.430. The first-order valence-electron chi connectivity index (χ1n) is 11.1. The number of aromatic nitrogens is 6. The first-order valence-corrected chi connectivity index (χ1v) is 11.1. The highest BCUT2D eigenvalue weighted by atomic mass is 19.4. The van der Waals surface area contributed by atoms with Crippen LogP contribution < -0.4 is 10.2 Å². The van der Waals surface area contributed by atoms with Gasteiger partial charge in [-0.2, -0.15) is 18.3 Å². The highest BCUT2D eigenvalue weighted by molar-refractivity contribution is 5.94. The minimum atomic E-state index is -4.61. The summed E-state index contributed by atoms with van der Waals surface area (Å²) >= 11 is 0. The van der Waals surface area contributed by atoms with Gasteiger partial charge in [0.1, 0.15) is 22.5 Å². The fraction of sp³-hybridized carbons (Fsp3) is 0.348. The molecule has 12 heteroatoms. The third-order valence-corrected chi connectivity index (χ3v) is 6.20. The molecule has 1 N–H and O–H groups in total. The Hall–Kier alpha value is -3.67. The van der Waals surface area contributed by atoms with Gasteiger partial charge in [-0.15, -0.1) is 10.2 Å². The first kappa shape index (κ1) is 23.1. The normalized spacial score (nSPS) is 15.2. The van der Waals surface area contributed by atoms with E-state index in [1.807, 2.05) is 13.1 Å². The highest BCUT2D eigenvalue weighted by Gasteiger charge is 2.34. The smallest absolute Gasteiger partial charge is 0.353 e. The molecular formula is C23H22F4N8. The molecule has 0 unspecified atom stereocenters. The molecule has 0 aliphatic carbocycles. The lowest BCUT2D eigenvalue weighted by molar-refractivity contribution is -0.138. The van der Waals surface area contributed by atoms with E-state index in [9.17, 15) is 17.6 Å². The van der Waals surface area contributed by atoms with Gasteiger partial charge < -0.3 is 10.2 Å². The van der Waals surface area contributed by atoms with Crippen molar-refractivity contribution in [1.82, 2.24) is 35.3 Å². The van der Waals surface area contributed by atoms with Crippen LogP contribution in [0, 0.1) is 5.82 Å². The standard InChI is InChI=1S/C23H22F4N8/c1-34-18(4-7-31-34)19-20-21(29-9-8-28-20)22(33-32-19)35-10-5-16(6-11-35)30-13-14-2-3-15(24)12-17(14)23(25,26)27/h2-4,7-9,12,16,30H,5-6,10-11,13H2,1H3. The van der Waals surface area contributed by atoms with Crippen LogP contribution in [0.5, 0.6) is 0 Å². The van der Waals surface area contributed by atoms with Gasteiger partial charge in [0.15, 0.2) is 5.82 Å². The fourth-order valence-electron chi connectivity index (χ4n) is 4.38. The minimum Gasteiger partial charge on any atom is -0.353 e. The van der Waals surface area contributed by atoms with Crippen molar-refractivity contribution < 1.29 is 17.6 Å². The number of fused-ring (bicyclic) bond motifs is 1. The molecule has 35 heavy (non-hydrogen) atoms. The van der Waals surface area contributed by atoms with Crippen LogP contribution in [0.1, 0.15) is 24.0 Å². The molecule has 1 saturated heterocycles. The number of nitrogens with one attached hydrogen (secondary N) is 1. The van der Waals surface area contributed by atoms with Gasteiger partial charge in [-0.05, 0) is 36.6 Å². The highest BCUT2D eigenvalue weighted by Crippen LogP contribution is 2.33. The summed E-state index contributed by atoms with van der Waals surface area (Å²) in [6.45, 7) is 1.25. The Labute approximate surface area is 198 Å². The summed E-state index contributed by atoms with van der Waals surface area (Å²) < 4.78 is 54.9. The number of hydrogen-bond acceptors (Lipinski definition) is 7. The van der Waals surface area contributed by atoms with E-state index in [1.54, 1.807) is 23.3 Å². The topological polar surface area (TPSA) is 84.7 Å². The number of rotatable bonds is 5. The van der Waals surface area contributed by atoms with Crippen LogP contribution in [0.4, 0.5) is 23.4 Å². The monoisotopic (exact) mass is 486 g/mol. The molecule has 1 aliphatic heterocycles. The van der Waals surface area contributed by atoms with E-state index >= 15 is 0 Å². The van der Waals surface area contributed by atoms with Gasteiger partial charge in [-0.25, -0.2) is 9.37 Å². The predicted molar refractivity (Wildman–Crippen MR) is 121 cm³/mol. The molecule has 0 saturated carbocycles. The van der Waals surface area contributed by atoms with Crippen molar-refractivity contribution in [2.75, 3.05) is 18.0 Å². The van der Waals surface area contributed by atoms with Gasteiger partial charge in [0, 0.05) is 51.3 Å². The molecule has 0 spiro atoms. The SMILES string of the molecule is Cn1nccc1-c1nnc(N2CCC(NCc3ccc(F)cc3C(F)(F)F)CC2)c2nccnc12. The number of piperidine rings is 1. The Morgan fingerprint density at radius 1 is 1.00 bits per heavy atom. The third-order valence-electron chi connectivity index (χ3n) is 6.20. The maximum Gasteiger partial charge on any atom is 0.416 e. The first-order chi connectivity index (χ1) is 16.8. The molecule has 1 aromatic carbocycles. The Kier molecular flexibility index (Phi) is 6.05. The van der Waals surface area contributed by atoms with Crippen molar-refractivity contribution in [3.8, 4) is 11.4 Å². The zero-order chi connectivity index (χ0) is 24.6. The van der Waals surface area contributed by atoms with Gasteiger partial charge in [-0.1, -0.05) is 6.07 Å². The Morgan fingerprint density at radius 3 is 2.43 bits per heavy atom. The molecule has 8 nitrogen and oxygen atoms in total. The Balaban J connectivity index is 1.30. The molecular weight excluding hydrogens is 464 g/mol. The van der Waals surface area contributed by atoms with Crippen LogP contribution >= 0.6 is 0 Å². The number of benzene rings is 1. The average Bonchev–Trinajstić information content (AvgIpc) is 3.28. The second-order valence-electron chi connectivity index (χ2n) is 8.41. The molecule has 5 rings (SSSR count). The summed E-state index contributed by atoms with van der Waals surface area (Å²) in [7, 11) is 1.81. The Morgan fingerprint density at radius 2 is 1.74 bits per heavy atom. The summed E-state index contributed by atoms with van der Waals surface area (Å²) in [6.07, 6.45) is 1.66. The zero-order valence-corrected chi connectivity index (χ0v) is 18.8. The number of alkyl halides is 3. The van der Waals surface area contributed by atoms with Gasteiger partial charge in [0.05, 0.1) is 11.3 Å². The van der Waals surface area contributed by atoms with Crippen molar-refractivity contribution in [3.05, 3.63) is 59.8 Å². The average molecular weight is 486 g/mol. The molecule has 0 bridgehead atoms. The molecule has 4 aromatic rings. The summed E-state index contributed by atoms with van der Waals surface area (Å²) in [5.74, 6) is -0.282. The molecule has 3 aromatic heterocycles. The Bertz CT molecular complexity index is 1350. The maximum absolute atomic E-state index is 13.4. The van der Waals surface area contributed by atoms with Crippen molar-refractivity contribution in [3.63, 3.8) is 0 Å². The number of hydrogen-bond donors (Lipinski definition) is 1. The van der Waals surface area contributed by atoms with Crippen LogP contribution in [0.25, 0.3) is 22.4 Å². The molecule has 1 aliphatic rings. The molecule has 0 radical (unpaired) electrons. The van der Waals surface area contributed by atoms with Crippen molar-refractivity contribution in [1.29, 1.82) is 0 Å². The van der Waals surface area contributed by atoms with E-state index in [0.29, 0.717) is 54.5 Å². The van der Waals surface area contributed by atoms with E-state index in [-0.39, 0.29) is 18.2 Å². The van der Waals surface area contributed by atoms with E-state index in [0.717, 1.165) is 11.8 Å². The van der Waals surface area contributed by atoms with Crippen molar-refractivity contribution >= 4 is 16.9 Å². The lowest BCUT2D eigenvalue weighted by Crippen LogP contribution is -2.43. The number of anilines is 1. The van der Waals surface area contributed by atoms with Crippen LogP contribution in [-0.4, -0.2) is 49.1 Å². The lowest BCUT2D eigenvalue weighted by atomic mass is 10.0. The number of nitrogens with zero attached hydrogens (tertiary/aromatic N) is 7. The fourth-order valence-corrected chi connectivity index (χ4v) is 4.38.